The first-order chi connectivity index (χ1) is 15.0. The summed E-state index contributed by atoms with van der Waals surface area (Å²) >= 11 is 0. The Morgan fingerprint density at radius 1 is 1.03 bits per heavy atom. The summed E-state index contributed by atoms with van der Waals surface area (Å²) in [5.74, 6) is -1.25. The Kier molecular flexibility index (Phi) is 5.84. The van der Waals surface area contributed by atoms with E-state index in [0.29, 0.717) is 35.9 Å². The van der Waals surface area contributed by atoms with Crippen molar-refractivity contribution in [3.8, 4) is 11.3 Å². The summed E-state index contributed by atoms with van der Waals surface area (Å²) in [6, 6.07) is 4.99. The number of hydrogen-bond donors (Lipinski definition) is 1. The van der Waals surface area contributed by atoms with Crippen LogP contribution in [-0.4, -0.2) is 53.5 Å². The van der Waals surface area contributed by atoms with E-state index in [1.54, 1.807) is 6.07 Å². The van der Waals surface area contributed by atoms with Gasteiger partial charge in [0.15, 0.2) is 11.6 Å². The van der Waals surface area contributed by atoms with Crippen LogP contribution in [0.1, 0.15) is 32.1 Å². The van der Waals surface area contributed by atoms with Gasteiger partial charge in [-0.1, -0.05) is 0 Å². The van der Waals surface area contributed by atoms with Gasteiger partial charge in [0, 0.05) is 43.9 Å². The number of anilines is 1. The van der Waals surface area contributed by atoms with E-state index in [4.69, 9.17) is 4.74 Å². The minimum absolute atomic E-state index is 0.102. The Bertz CT molecular complexity index is 906. The molecule has 0 radical (unpaired) electrons. The maximum Gasteiger partial charge on any atom is 0.168 e. The summed E-state index contributed by atoms with van der Waals surface area (Å²) in [6.07, 6.45) is 6.20. The smallest absolute Gasteiger partial charge is 0.168 e. The van der Waals surface area contributed by atoms with Crippen LogP contribution in [0.5, 0.6) is 0 Å². The number of ether oxygens (including phenoxy) is 1. The molecule has 5 nitrogen and oxygen atoms in total. The van der Waals surface area contributed by atoms with E-state index in [1.807, 2.05) is 0 Å². The normalized spacial score (nSPS) is 28.6. The second-order valence-electron chi connectivity index (χ2n) is 9.09. The van der Waals surface area contributed by atoms with Gasteiger partial charge in [-0.25, -0.2) is 13.2 Å². The predicted octanol–water partition coefficient (Wildman–Crippen LogP) is 4.25. The predicted molar refractivity (Wildman–Crippen MR) is 111 cm³/mol. The fourth-order valence-electron chi connectivity index (χ4n) is 5.41. The van der Waals surface area contributed by atoms with Crippen molar-refractivity contribution < 1.29 is 17.9 Å². The molecule has 0 bridgehead atoms. The van der Waals surface area contributed by atoms with E-state index in [-0.39, 0.29) is 11.3 Å². The van der Waals surface area contributed by atoms with E-state index in [0.717, 1.165) is 45.1 Å². The maximum atomic E-state index is 14.0. The molecule has 3 fully saturated rings. The molecule has 1 aliphatic carbocycles. The van der Waals surface area contributed by atoms with Gasteiger partial charge in [0.25, 0.3) is 0 Å². The highest BCUT2D eigenvalue weighted by molar-refractivity contribution is 5.60. The van der Waals surface area contributed by atoms with Crippen molar-refractivity contribution in [1.29, 1.82) is 0 Å². The fraction of sp³-hybridized carbons (Fsp3) is 0.565. The molecule has 3 heterocycles. The third-order valence-corrected chi connectivity index (χ3v) is 6.85. The Morgan fingerprint density at radius 2 is 1.84 bits per heavy atom. The molecule has 1 N–H and O–H groups in total. The van der Waals surface area contributed by atoms with E-state index in [2.05, 4.69) is 20.4 Å². The van der Waals surface area contributed by atoms with Gasteiger partial charge in [-0.2, -0.15) is 0 Å². The summed E-state index contributed by atoms with van der Waals surface area (Å²) in [5.41, 5.74) is -0.126. The fourth-order valence-corrected chi connectivity index (χ4v) is 5.41. The van der Waals surface area contributed by atoms with Gasteiger partial charge in [0.05, 0.1) is 11.8 Å². The number of nitrogens with one attached hydrogen (secondary N) is 1. The number of fused-ring (bicyclic) bond motifs is 1. The van der Waals surface area contributed by atoms with E-state index < -0.39 is 17.5 Å². The standard InChI is InChI=1S/C23H27F3N4O/c24-16-9-19(23(26)20(25)10-16)21-4-5-22(29-28-21)27-17-7-14-11-30(12-15(14)8-17)13-18-3-1-2-6-31-18/h4-5,9-10,14-15,17-18H,1-3,6-8,11-13H2,(H,27,29)/t14-,15+,17+,18-/m1/s1. The van der Waals surface area contributed by atoms with Crippen LogP contribution in [0.15, 0.2) is 24.3 Å². The molecule has 0 unspecified atom stereocenters. The van der Waals surface area contributed by atoms with Crippen molar-refractivity contribution in [3.63, 3.8) is 0 Å². The average Bonchev–Trinajstić information content (AvgIpc) is 3.30. The second-order valence-corrected chi connectivity index (χ2v) is 9.09. The van der Waals surface area contributed by atoms with Gasteiger partial charge in [-0.15, -0.1) is 10.2 Å². The molecule has 5 rings (SSSR count). The molecule has 2 aliphatic heterocycles. The highest BCUT2D eigenvalue weighted by Gasteiger charge is 2.41. The van der Waals surface area contributed by atoms with E-state index in [1.165, 1.54) is 25.3 Å². The first-order valence-electron chi connectivity index (χ1n) is 11.1. The minimum atomic E-state index is -1.24. The third kappa shape index (κ3) is 4.55. The van der Waals surface area contributed by atoms with Crippen molar-refractivity contribution in [1.82, 2.24) is 15.1 Å². The molecular formula is C23H27F3N4O. The maximum absolute atomic E-state index is 14.0. The van der Waals surface area contributed by atoms with E-state index in [9.17, 15) is 13.2 Å². The number of halogens is 3. The van der Waals surface area contributed by atoms with Crippen LogP contribution in [0.2, 0.25) is 0 Å². The zero-order valence-corrected chi connectivity index (χ0v) is 17.4. The average molecular weight is 432 g/mol. The van der Waals surface area contributed by atoms with Gasteiger partial charge in [0.1, 0.15) is 11.6 Å². The topological polar surface area (TPSA) is 50.3 Å². The quantitative estimate of drug-likeness (QED) is 0.716. The SMILES string of the molecule is Fc1cc(F)c(F)c(-c2ccc(N[C@H]3C[C@@H]4CN(C[C@H]5CCCCO5)C[C@@H]4C3)nn2)c1. The molecule has 0 amide bonds. The number of nitrogens with zero attached hydrogens (tertiary/aromatic N) is 3. The van der Waals surface area contributed by atoms with Gasteiger partial charge < -0.3 is 15.0 Å². The number of hydrogen-bond acceptors (Lipinski definition) is 5. The molecule has 4 atom stereocenters. The Morgan fingerprint density at radius 3 is 2.52 bits per heavy atom. The lowest BCUT2D eigenvalue weighted by atomic mass is 10.0. The first kappa shape index (κ1) is 20.7. The number of likely N-dealkylation sites (tertiary alicyclic amines) is 1. The summed E-state index contributed by atoms with van der Waals surface area (Å²) in [6.45, 7) is 4.20. The van der Waals surface area contributed by atoms with Crippen molar-refractivity contribution in [2.45, 2.75) is 44.2 Å². The van der Waals surface area contributed by atoms with Crippen LogP contribution in [0.3, 0.4) is 0 Å². The lowest BCUT2D eigenvalue weighted by Crippen LogP contribution is -2.35. The summed E-state index contributed by atoms with van der Waals surface area (Å²) < 4.78 is 46.8. The molecule has 166 valence electrons. The molecule has 3 aliphatic rings. The van der Waals surface area contributed by atoms with Crippen molar-refractivity contribution in [3.05, 3.63) is 41.7 Å². The molecule has 2 saturated heterocycles. The van der Waals surface area contributed by atoms with Crippen LogP contribution >= 0.6 is 0 Å². The molecule has 8 heteroatoms. The summed E-state index contributed by atoms with van der Waals surface area (Å²) in [5, 5.41) is 11.5. The van der Waals surface area contributed by atoms with Crippen molar-refractivity contribution in [2.75, 3.05) is 31.6 Å². The number of rotatable bonds is 5. The largest absolute Gasteiger partial charge is 0.377 e. The van der Waals surface area contributed by atoms with Crippen LogP contribution in [0.4, 0.5) is 19.0 Å². The van der Waals surface area contributed by atoms with Crippen LogP contribution in [0, 0.1) is 29.3 Å². The van der Waals surface area contributed by atoms with Crippen LogP contribution in [0.25, 0.3) is 11.3 Å². The molecule has 31 heavy (non-hydrogen) atoms. The Balaban J connectivity index is 1.16. The van der Waals surface area contributed by atoms with Crippen molar-refractivity contribution in [2.24, 2.45) is 11.8 Å². The van der Waals surface area contributed by atoms with Gasteiger partial charge in [-0.3, -0.25) is 0 Å². The highest BCUT2D eigenvalue weighted by Crippen LogP contribution is 2.39. The van der Waals surface area contributed by atoms with Gasteiger partial charge >= 0.3 is 0 Å². The van der Waals surface area contributed by atoms with E-state index >= 15 is 0 Å². The molecule has 1 aromatic heterocycles. The Hall–Kier alpha value is -2.19. The van der Waals surface area contributed by atoms with Gasteiger partial charge in [0.2, 0.25) is 0 Å². The first-order valence-corrected chi connectivity index (χ1v) is 11.1. The molecule has 2 aromatic rings. The Labute approximate surface area is 180 Å². The number of aromatic nitrogens is 2. The zero-order valence-electron chi connectivity index (χ0n) is 17.4. The third-order valence-electron chi connectivity index (χ3n) is 6.85. The second kappa shape index (κ2) is 8.74. The highest BCUT2D eigenvalue weighted by atomic mass is 19.2. The number of benzene rings is 1. The van der Waals surface area contributed by atoms with Crippen molar-refractivity contribution >= 4 is 5.82 Å². The molecular weight excluding hydrogens is 405 g/mol. The molecule has 0 spiro atoms. The zero-order chi connectivity index (χ0) is 21.4. The van der Waals surface area contributed by atoms with Crippen LogP contribution < -0.4 is 5.32 Å². The summed E-state index contributed by atoms with van der Waals surface area (Å²) in [4.78, 5) is 2.56. The molecule has 1 saturated carbocycles. The molecule has 1 aromatic carbocycles. The van der Waals surface area contributed by atoms with Gasteiger partial charge in [-0.05, 0) is 62.1 Å². The lowest BCUT2D eigenvalue weighted by Gasteiger charge is -2.28. The summed E-state index contributed by atoms with van der Waals surface area (Å²) in [7, 11) is 0. The lowest BCUT2D eigenvalue weighted by molar-refractivity contribution is -0.00303. The van der Waals surface area contributed by atoms with Crippen LogP contribution in [-0.2, 0) is 4.74 Å². The monoisotopic (exact) mass is 432 g/mol. The minimum Gasteiger partial charge on any atom is -0.377 e.